The Balaban J connectivity index is 0.00000507. The van der Waals surface area contributed by atoms with Gasteiger partial charge in [0.25, 0.3) is 0 Å². The van der Waals surface area contributed by atoms with Crippen LogP contribution in [0.4, 0.5) is 18.9 Å². The van der Waals surface area contributed by atoms with Gasteiger partial charge in [-0.3, -0.25) is 9.59 Å². The average molecular weight is 557 g/mol. The molecule has 0 bridgehead atoms. The third kappa shape index (κ3) is 7.68. The van der Waals surface area contributed by atoms with Crippen molar-refractivity contribution < 1.29 is 37.4 Å². The number of ether oxygens (including phenoxy) is 1. The molecule has 0 fully saturated rings. The lowest BCUT2D eigenvalue weighted by atomic mass is 10.0. The summed E-state index contributed by atoms with van der Waals surface area (Å²) in [5.41, 5.74) is 6.15. The zero-order valence-electron chi connectivity index (χ0n) is 20.6. The molecule has 2 amide bonds. The molecular weight excluding hydrogens is 529 g/mol. The van der Waals surface area contributed by atoms with Gasteiger partial charge in [-0.15, -0.1) is 12.4 Å². The van der Waals surface area contributed by atoms with Gasteiger partial charge in [0.05, 0.1) is 0 Å². The highest BCUT2D eigenvalue weighted by Gasteiger charge is 2.33. The number of aliphatic carboxylic acids is 1. The van der Waals surface area contributed by atoms with Crippen LogP contribution in [0.25, 0.3) is 0 Å². The molecule has 1 unspecified atom stereocenters. The summed E-state index contributed by atoms with van der Waals surface area (Å²) in [7, 11) is 0. The van der Waals surface area contributed by atoms with E-state index in [1.165, 1.54) is 30.5 Å². The van der Waals surface area contributed by atoms with Crippen molar-refractivity contribution in [3.8, 4) is 5.75 Å². The second-order valence-electron chi connectivity index (χ2n) is 8.95. The Morgan fingerprint density at radius 1 is 1.13 bits per heavy atom. The summed E-state index contributed by atoms with van der Waals surface area (Å²) < 4.78 is 45.9. The van der Waals surface area contributed by atoms with Gasteiger partial charge in [0, 0.05) is 42.8 Å². The molecule has 2 aromatic carbocycles. The highest BCUT2D eigenvalue weighted by atomic mass is 35.5. The first-order chi connectivity index (χ1) is 17.5. The molecule has 0 radical (unpaired) electrons. The number of halogens is 4. The Bertz CT molecular complexity index is 1200. The number of carboxylic acids is 1. The van der Waals surface area contributed by atoms with Crippen LogP contribution in [0.2, 0.25) is 0 Å². The molecule has 0 spiro atoms. The number of carbonyl (C=O) groups is 3. The number of rotatable bonds is 10. The monoisotopic (exact) mass is 556 g/mol. The number of nitrogens with one attached hydrogen (secondary N) is 1. The van der Waals surface area contributed by atoms with Crippen molar-refractivity contribution in [3.05, 3.63) is 59.4 Å². The first-order valence-electron chi connectivity index (χ1n) is 11.5. The van der Waals surface area contributed by atoms with Gasteiger partial charge in [-0.1, -0.05) is 13.8 Å². The van der Waals surface area contributed by atoms with E-state index >= 15 is 0 Å². The van der Waals surface area contributed by atoms with Gasteiger partial charge < -0.3 is 20.9 Å². The first-order valence-corrected chi connectivity index (χ1v) is 11.5. The van der Waals surface area contributed by atoms with Crippen LogP contribution in [0.5, 0.6) is 5.75 Å². The number of hydrogen-bond donors (Lipinski definition) is 3. The van der Waals surface area contributed by atoms with E-state index in [0.717, 1.165) is 5.01 Å². The van der Waals surface area contributed by atoms with Crippen LogP contribution in [0.15, 0.2) is 41.5 Å². The molecular formula is C25H28ClF3N4O5. The molecule has 3 atom stereocenters. The summed E-state index contributed by atoms with van der Waals surface area (Å²) in [6.45, 7) is 3.44. The number of nitrogens with two attached hydrogens (primary N) is 1. The fourth-order valence-electron chi connectivity index (χ4n) is 3.72. The predicted octanol–water partition coefficient (Wildman–Crippen LogP) is 3.50. The van der Waals surface area contributed by atoms with Crippen LogP contribution in [-0.4, -0.2) is 52.3 Å². The molecule has 1 heterocycles. The fourth-order valence-corrected chi connectivity index (χ4v) is 3.72. The topological polar surface area (TPSA) is 134 Å². The lowest BCUT2D eigenvalue weighted by Gasteiger charge is -2.23. The van der Waals surface area contributed by atoms with Crippen molar-refractivity contribution >= 4 is 42.1 Å². The molecule has 3 rings (SSSR count). The second-order valence-corrected chi connectivity index (χ2v) is 8.95. The van der Waals surface area contributed by atoms with Crippen LogP contribution in [0, 0.1) is 23.4 Å². The maximum Gasteiger partial charge on any atom is 0.345 e. The predicted molar refractivity (Wildman–Crippen MR) is 136 cm³/mol. The molecule has 0 aromatic heterocycles. The lowest BCUT2D eigenvalue weighted by Crippen LogP contribution is -2.43. The number of anilines is 1. The summed E-state index contributed by atoms with van der Waals surface area (Å²) >= 11 is 0. The summed E-state index contributed by atoms with van der Waals surface area (Å²) in [6, 6.07) is 5.31. The van der Waals surface area contributed by atoms with Crippen molar-refractivity contribution in [2.75, 3.05) is 5.32 Å². The van der Waals surface area contributed by atoms with Crippen LogP contribution in [-0.2, 0) is 20.8 Å². The maximum absolute atomic E-state index is 13.9. The highest BCUT2D eigenvalue weighted by molar-refractivity contribution is 5.99. The van der Waals surface area contributed by atoms with Crippen molar-refractivity contribution in [2.45, 2.75) is 51.3 Å². The van der Waals surface area contributed by atoms with E-state index in [0.29, 0.717) is 23.6 Å². The van der Waals surface area contributed by atoms with Crippen molar-refractivity contribution in [2.24, 2.45) is 16.8 Å². The number of carbonyl (C=O) groups excluding carboxylic acids is 2. The smallest absolute Gasteiger partial charge is 0.345 e. The Morgan fingerprint density at radius 2 is 1.76 bits per heavy atom. The van der Waals surface area contributed by atoms with E-state index in [1.807, 2.05) is 0 Å². The van der Waals surface area contributed by atoms with E-state index < -0.39 is 53.4 Å². The number of hydrogen-bond acceptors (Lipinski definition) is 6. The highest BCUT2D eigenvalue weighted by Crippen LogP contribution is 2.22. The molecule has 4 N–H and O–H groups in total. The minimum Gasteiger partial charge on any atom is -0.478 e. The molecule has 2 aromatic rings. The largest absolute Gasteiger partial charge is 0.478 e. The summed E-state index contributed by atoms with van der Waals surface area (Å²) in [6.07, 6.45) is -0.0119. The minimum absolute atomic E-state index is 0. The van der Waals surface area contributed by atoms with Crippen LogP contribution in [0.3, 0.4) is 0 Å². The maximum atomic E-state index is 13.9. The van der Waals surface area contributed by atoms with E-state index in [-0.39, 0.29) is 43.2 Å². The number of hydrazone groups is 1. The van der Waals surface area contributed by atoms with Gasteiger partial charge >= 0.3 is 5.97 Å². The standard InChI is InChI=1S/C25H27F3N4O5.ClH/c1-13(2)23(25(35)36)37-17-5-3-16(4-6-17)31-24(34)21-7-8-30-32(21)22(33)11-15(29)9-14-10-19(27)20(28)12-18(14)26;/h3-6,8,10,12-13,15,21,23H,7,9,11,29H2,1-2H3,(H,31,34)(H,35,36);1H/t15-,21?,23-;/m1./s1. The Labute approximate surface area is 223 Å². The molecule has 0 saturated carbocycles. The Morgan fingerprint density at radius 3 is 2.37 bits per heavy atom. The first kappa shape index (κ1) is 30.6. The zero-order chi connectivity index (χ0) is 27.3. The molecule has 9 nitrogen and oxygen atoms in total. The summed E-state index contributed by atoms with van der Waals surface area (Å²) in [5.74, 6) is -5.68. The molecule has 0 saturated heterocycles. The minimum atomic E-state index is -1.33. The quantitative estimate of drug-likeness (QED) is 0.383. The number of nitrogens with zero attached hydrogens (tertiary/aromatic N) is 2. The molecule has 13 heteroatoms. The SMILES string of the molecule is CC(C)[C@@H](Oc1ccc(NC(=O)C2CC=NN2C(=O)C[C@H](N)Cc2cc(F)c(F)cc2F)cc1)C(=O)O.Cl. The third-order valence-electron chi connectivity index (χ3n) is 5.63. The van der Waals surface area contributed by atoms with Crippen LogP contribution in [0.1, 0.15) is 32.3 Å². The fraction of sp³-hybridized carbons (Fsp3) is 0.360. The number of carboxylic acid groups (broad SMARTS) is 1. The van der Waals surface area contributed by atoms with Gasteiger partial charge in [0.2, 0.25) is 11.8 Å². The van der Waals surface area contributed by atoms with Crippen LogP contribution < -0.4 is 15.8 Å². The third-order valence-corrected chi connectivity index (χ3v) is 5.63. The number of benzene rings is 2. The van der Waals surface area contributed by atoms with E-state index in [1.54, 1.807) is 13.8 Å². The Hall–Kier alpha value is -3.64. The second kappa shape index (κ2) is 13.2. The summed E-state index contributed by atoms with van der Waals surface area (Å²) in [5, 5.41) is 16.8. The van der Waals surface area contributed by atoms with Gasteiger partial charge in [0.1, 0.15) is 17.6 Å². The van der Waals surface area contributed by atoms with Gasteiger partial charge in [-0.25, -0.2) is 23.0 Å². The van der Waals surface area contributed by atoms with Crippen LogP contribution >= 0.6 is 12.4 Å². The van der Waals surface area contributed by atoms with Crippen molar-refractivity contribution in [3.63, 3.8) is 0 Å². The molecule has 1 aliphatic rings. The number of amides is 2. The normalized spacial score (nSPS) is 16.1. The Kier molecular flexibility index (Phi) is 10.7. The zero-order valence-corrected chi connectivity index (χ0v) is 21.4. The van der Waals surface area contributed by atoms with E-state index in [9.17, 15) is 32.7 Å². The average Bonchev–Trinajstić information content (AvgIpc) is 3.32. The molecule has 0 aliphatic carbocycles. The molecule has 1 aliphatic heterocycles. The molecule has 38 heavy (non-hydrogen) atoms. The van der Waals surface area contributed by atoms with E-state index in [4.69, 9.17) is 10.5 Å². The van der Waals surface area contributed by atoms with E-state index in [2.05, 4.69) is 10.4 Å². The van der Waals surface area contributed by atoms with Crippen molar-refractivity contribution in [1.82, 2.24) is 5.01 Å². The molecule has 206 valence electrons. The lowest BCUT2D eigenvalue weighted by molar-refractivity contribution is -0.147. The summed E-state index contributed by atoms with van der Waals surface area (Å²) in [4.78, 5) is 36.9. The van der Waals surface area contributed by atoms with Gasteiger partial charge in [0.15, 0.2) is 17.7 Å². The van der Waals surface area contributed by atoms with Crippen molar-refractivity contribution in [1.29, 1.82) is 0 Å². The van der Waals surface area contributed by atoms with Gasteiger partial charge in [-0.2, -0.15) is 5.10 Å². The van der Waals surface area contributed by atoms with Gasteiger partial charge in [-0.05, 0) is 42.3 Å².